The number of aromatic nitrogens is 2. The molecule has 0 spiro atoms. The van der Waals surface area contributed by atoms with E-state index >= 15 is 0 Å². The van der Waals surface area contributed by atoms with E-state index in [4.69, 9.17) is 0 Å². The third-order valence-electron chi connectivity index (χ3n) is 2.36. The van der Waals surface area contributed by atoms with Gasteiger partial charge in [0.2, 0.25) is 5.91 Å². The number of nitrogens with one attached hydrogen (secondary N) is 1. The zero-order valence-electron chi connectivity index (χ0n) is 9.55. The Balaban J connectivity index is 2.38. The molecule has 0 saturated carbocycles. The number of nitrogens with zero attached hydrogens (tertiary/aromatic N) is 2. The van der Waals surface area contributed by atoms with Crippen LogP contribution in [0.25, 0.3) is 11.3 Å². The van der Waals surface area contributed by atoms with Crippen LogP contribution in [0, 0.1) is 0 Å². The lowest BCUT2D eigenvalue weighted by atomic mass is 10.1. The molecule has 1 amide bonds. The maximum absolute atomic E-state index is 11.4. The Bertz CT molecular complexity index is 511. The summed E-state index contributed by atoms with van der Waals surface area (Å²) in [5.41, 5.74) is 2.32. The third kappa shape index (κ3) is 2.66. The Kier molecular flexibility index (Phi) is 3.45. The first kappa shape index (κ1) is 11.3. The van der Waals surface area contributed by atoms with Crippen molar-refractivity contribution in [3.05, 3.63) is 42.6 Å². The molecular formula is C13H13N3O. The van der Waals surface area contributed by atoms with Gasteiger partial charge >= 0.3 is 0 Å². The van der Waals surface area contributed by atoms with Gasteiger partial charge in [0.05, 0.1) is 11.9 Å². The van der Waals surface area contributed by atoms with Crippen molar-refractivity contribution in [1.29, 1.82) is 0 Å². The van der Waals surface area contributed by atoms with Crippen LogP contribution < -0.4 is 5.32 Å². The maximum Gasteiger partial charge on any atom is 0.224 e. The molecule has 4 heteroatoms. The zero-order chi connectivity index (χ0) is 12.1. The summed E-state index contributed by atoms with van der Waals surface area (Å²) in [5.74, 6) is -0.0322. The van der Waals surface area contributed by atoms with E-state index in [0.717, 1.165) is 5.56 Å². The highest BCUT2D eigenvalue weighted by Gasteiger charge is 2.08. The fourth-order valence-electron chi connectivity index (χ4n) is 1.48. The van der Waals surface area contributed by atoms with Crippen molar-refractivity contribution in [2.45, 2.75) is 13.3 Å². The first-order chi connectivity index (χ1) is 8.31. The minimum absolute atomic E-state index is 0.0322. The number of hydrogen-bond donors (Lipinski definition) is 1. The van der Waals surface area contributed by atoms with Crippen molar-refractivity contribution >= 4 is 11.6 Å². The number of carbonyl (C=O) groups is 1. The molecule has 0 aliphatic carbocycles. The summed E-state index contributed by atoms with van der Waals surface area (Å²) in [7, 11) is 0. The van der Waals surface area contributed by atoms with Crippen LogP contribution in [0.4, 0.5) is 5.69 Å². The quantitative estimate of drug-likeness (QED) is 0.876. The van der Waals surface area contributed by atoms with Crippen LogP contribution in [0.1, 0.15) is 13.3 Å². The van der Waals surface area contributed by atoms with Crippen LogP contribution in [0.3, 0.4) is 0 Å². The molecule has 2 aromatic rings. The minimum atomic E-state index is -0.0322. The van der Waals surface area contributed by atoms with Crippen molar-refractivity contribution in [2.75, 3.05) is 5.32 Å². The largest absolute Gasteiger partial charge is 0.324 e. The van der Waals surface area contributed by atoms with Gasteiger partial charge in [0.1, 0.15) is 5.69 Å². The third-order valence-corrected chi connectivity index (χ3v) is 2.36. The molecule has 0 saturated heterocycles. The molecule has 1 aromatic carbocycles. The number of hydrogen-bond acceptors (Lipinski definition) is 3. The molecule has 1 aromatic heterocycles. The van der Waals surface area contributed by atoms with E-state index in [2.05, 4.69) is 15.5 Å². The topological polar surface area (TPSA) is 54.9 Å². The molecule has 0 aliphatic rings. The van der Waals surface area contributed by atoms with E-state index in [-0.39, 0.29) is 5.91 Å². The molecule has 0 unspecified atom stereocenters. The SMILES string of the molecule is CCC(=O)Nc1ccnnc1-c1ccccc1. The number of anilines is 1. The molecular weight excluding hydrogens is 214 g/mol. The van der Waals surface area contributed by atoms with Crippen LogP contribution in [-0.2, 0) is 4.79 Å². The Morgan fingerprint density at radius 1 is 1.24 bits per heavy atom. The Hall–Kier alpha value is -2.23. The van der Waals surface area contributed by atoms with Crippen molar-refractivity contribution in [3.8, 4) is 11.3 Å². The molecule has 0 bridgehead atoms. The van der Waals surface area contributed by atoms with Gasteiger partial charge in [-0.1, -0.05) is 37.3 Å². The molecule has 2 rings (SSSR count). The maximum atomic E-state index is 11.4. The molecule has 0 aliphatic heterocycles. The number of rotatable bonds is 3. The summed E-state index contributed by atoms with van der Waals surface area (Å²) >= 11 is 0. The van der Waals surface area contributed by atoms with Gasteiger partial charge in [-0.2, -0.15) is 5.10 Å². The highest BCUT2D eigenvalue weighted by atomic mass is 16.1. The average molecular weight is 227 g/mol. The monoisotopic (exact) mass is 227 g/mol. The Morgan fingerprint density at radius 2 is 2.00 bits per heavy atom. The van der Waals surface area contributed by atoms with Gasteiger partial charge in [-0.15, -0.1) is 5.10 Å². The van der Waals surface area contributed by atoms with Gasteiger partial charge in [-0.05, 0) is 6.07 Å². The summed E-state index contributed by atoms with van der Waals surface area (Å²) < 4.78 is 0. The lowest BCUT2D eigenvalue weighted by molar-refractivity contribution is -0.115. The fraction of sp³-hybridized carbons (Fsp3) is 0.154. The predicted octanol–water partition coefficient (Wildman–Crippen LogP) is 2.49. The summed E-state index contributed by atoms with van der Waals surface area (Å²) in [6, 6.07) is 11.4. The van der Waals surface area contributed by atoms with Gasteiger partial charge in [-0.3, -0.25) is 4.79 Å². The Labute approximate surface area is 99.7 Å². The molecule has 4 nitrogen and oxygen atoms in total. The first-order valence-corrected chi connectivity index (χ1v) is 5.48. The summed E-state index contributed by atoms with van der Waals surface area (Å²) in [6.45, 7) is 1.81. The van der Waals surface area contributed by atoms with Crippen molar-refractivity contribution in [1.82, 2.24) is 10.2 Å². The number of carbonyl (C=O) groups excluding carboxylic acids is 1. The van der Waals surface area contributed by atoms with Crippen LogP contribution in [-0.4, -0.2) is 16.1 Å². The van der Waals surface area contributed by atoms with E-state index in [1.54, 1.807) is 12.3 Å². The van der Waals surface area contributed by atoms with E-state index < -0.39 is 0 Å². The van der Waals surface area contributed by atoms with Crippen molar-refractivity contribution in [3.63, 3.8) is 0 Å². The lowest BCUT2D eigenvalue weighted by Crippen LogP contribution is -2.11. The molecule has 1 N–H and O–H groups in total. The molecule has 0 atom stereocenters. The first-order valence-electron chi connectivity index (χ1n) is 5.48. The second kappa shape index (κ2) is 5.21. The molecule has 0 radical (unpaired) electrons. The number of benzene rings is 1. The lowest BCUT2D eigenvalue weighted by Gasteiger charge is -2.08. The van der Waals surface area contributed by atoms with Crippen LogP contribution in [0.5, 0.6) is 0 Å². The predicted molar refractivity (Wildman–Crippen MR) is 66.4 cm³/mol. The smallest absolute Gasteiger partial charge is 0.224 e. The minimum Gasteiger partial charge on any atom is -0.324 e. The highest BCUT2D eigenvalue weighted by Crippen LogP contribution is 2.24. The molecule has 86 valence electrons. The van der Waals surface area contributed by atoms with Gasteiger partial charge in [0.15, 0.2) is 0 Å². The van der Waals surface area contributed by atoms with Crippen LogP contribution >= 0.6 is 0 Å². The zero-order valence-corrected chi connectivity index (χ0v) is 9.55. The normalized spacial score (nSPS) is 9.94. The second-order valence-electron chi connectivity index (χ2n) is 3.56. The average Bonchev–Trinajstić information content (AvgIpc) is 2.40. The second-order valence-corrected chi connectivity index (χ2v) is 3.56. The van der Waals surface area contributed by atoms with Crippen LogP contribution in [0.15, 0.2) is 42.6 Å². The summed E-state index contributed by atoms with van der Waals surface area (Å²) in [5, 5.41) is 10.7. The highest BCUT2D eigenvalue weighted by molar-refractivity contribution is 5.94. The van der Waals surface area contributed by atoms with Crippen LogP contribution in [0.2, 0.25) is 0 Å². The van der Waals surface area contributed by atoms with Gasteiger partial charge in [0, 0.05) is 12.0 Å². The summed E-state index contributed by atoms with van der Waals surface area (Å²) in [4.78, 5) is 11.4. The summed E-state index contributed by atoms with van der Waals surface area (Å²) in [6.07, 6.45) is 2.01. The van der Waals surface area contributed by atoms with E-state index in [1.165, 1.54) is 0 Å². The molecule has 17 heavy (non-hydrogen) atoms. The van der Waals surface area contributed by atoms with Crippen molar-refractivity contribution < 1.29 is 4.79 Å². The van der Waals surface area contributed by atoms with Gasteiger partial charge in [-0.25, -0.2) is 0 Å². The van der Waals surface area contributed by atoms with E-state index in [1.807, 2.05) is 37.3 Å². The standard InChI is InChI=1S/C13H13N3O/c1-2-12(17)15-11-8-9-14-16-13(11)10-6-4-3-5-7-10/h3-9H,2H2,1H3,(H,14,15,17). The fourth-order valence-corrected chi connectivity index (χ4v) is 1.48. The molecule has 0 fully saturated rings. The Morgan fingerprint density at radius 3 is 2.71 bits per heavy atom. The molecule has 1 heterocycles. The number of amides is 1. The van der Waals surface area contributed by atoms with Gasteiger partial charge in [0.25, 0.3) is 0 Å². The van der Waals surface area contributed by atoms with Gasteiger partial charge < -0.3 is 5.32 Å². The van der Waals surface area contributed by atoms with E-state index in [0.29, 0.717) is 17.8 Å². The van der Waals surface area contributed by atoms with E-state index in [9.17, 15) is 4.79 Å². The van der Waals surface area contributed by atoms with Crippen molar-refractivity contribution in [2.24, 2.45) is 0 Å².